The first-order chi connectivity index (χ1) is 17.5. The maximum absolute atomic E-state index is 13.8. The van der Waals surface area contributed by atoms with Crippen molar-refractivity contribution in [1.29, 1.82) is 0 Å². The first-order valence-corrected chi connectivity index (χ1v) is 13.8. The van der Waals surface area contributed by atoms with Gasteiger partial charge < -0.3 is 10.2 Å². The van der Waals surface area contributed by atoms with Crippen molar-refractivity contribution in [3.63, 3.8) is 0 Å². The van der Waals surface area contributed by atoms with Crippen LogP contribution in [0.2, 0.25) is 5.02 Å². The van der Waals surface area contributed by atoms with Crippen molar-refractivity contribution in [3.05, 3.63) is 94.5 Å². The molecule has 0 aromatic heterocycles. The Bertz CT molecular complexity index is 1330. The first kappa shape index (κ1) is 28.2. The smallest absolute Gasteiger partial charge is 0.264 e. The molecule has 0 radical (unpaired) electrons. The number of likely N-dealkylation sites (N-methyl/N-ethyl adjacent to an activating group) is 1. The van der Waals surface area contributed by atoms with Crippen LogP contribution < -0.4 is 9.62 Å². The SMILES string of the molecule is CCNC(=O)[C@@H](C)N(Cc1ccc(Cl)cc1)C(=O)CN(c1cc(C)cc(C)c1)S(=O)(=O)c1ccccc1. The second-order valence-electron chi connectivity index (χ2n) is 8.89. The number of nitrogens with one attached hydrogen (secondary N) is 1. The van der Waals surface area contributed by atoms with E-state index in [4.69, 9.17) is 11.6 Å². The number of carbonyl (C=O) groups excluding carboxylic acids is 2. The second-order valence-corrected chi connectivity index (χ2v) is 11.2. The van der Waals surface area contributed by atoms with E-state index in [0.717, 1.165) is 21.0 Å². The van der Waals surface area contributed by atoms with Crippen LogP contribution in [0.5, 0.6) is 0 Å². The molecule has 0 unspecified atom stereocenters. The maximum atomic E-state index is 13.8. The largest absolute Gasteiger partial charge is 0.355 e. The minimum absolute atomic E-state index is 0.0722. The Labute approximate surface area is 224 Å². The van der Waals surface area contributed by atoms with Crippen molar-refractivity contribution in [2.75, 3.05) is 17.4 Å². The van der Waals surface area contributed by atoms with E-state index in [2.05, 4.69) is 5.32 Å². The normalized spacial score (nSPS) is 12.0. The van der Waals surface area contributed by atoms with E-state index in [-0.39, 0.29) is 17.3 Å². The highest BCUT2D eigenvalue weighted by atomic mass is 35.5. The molecule has 3 aromatic rings. The summed E-state index contributed by atoms with van der Waals surface area (Å²) >= 11 is 6.02. The molecule has 7 nitrogen and oxygen atoms in total. The van der Waals surface area contributed by atoms with Crippen LogP contribution in [-0.2, 0) is 26.2 Å². The Hall–Kier alpha value is -3.36. The lowest BCUT2D eigenvalue weighted by molar-refractivity contribution is -0.139. The van der Waals surface area contributed by atoms with Crippen molar-refractivity contribution in [3.8, 4) is 0 Å². The average molecular weight is 542 g/mol. The number of anilines is 1. The fourth-order valence-electron chi connectivity index (χ4n) is 4.03. The predicted molar refractivity (Wildman–Crippen MR) is 147 cm³/mol. The summed E-state index contributed by atoms with van der Waals surface area (Å²) in [5.74, 6) is -0.832. The van der Waals surface area contributed by atoms with Gasteiger partial charge in [0.1, 0.15) is 12.6 Å². The number of carbonyl (C=O) groups is 2. The Balaban J connectivity index is 2.04. The van der Waals surface area contributed by atoms with Gasteiger partial charge in [-0.15, -0.1) is 0 Å². The number of aryl methyl sites for hydroxylation is 2. The summed E-state index contributed by atoms with van der Waals surface area (Å²) in [5, 5.41) is 3.30. The fraction of sp³-hybridized carbons (Fsp3) is 0.286. The molecular weight excluding hydrogens is 510 g/mol. The Kier molecular flexibility index (Phi) is 9.34. The van der Waals surface area contributed by atoms with Crippen LogP contribution in [0.15, 0.2) is 77.7 Å². The minimum Gasteiger partial charge on any atom is -0.355 e. The van der Waals surface area contributed by atoms with Gasteiger partial charge in [-0.05, 0) is 80.8 Å². The van der Waals surface area contributed by atoms with E-state index in [1.54, 1.807) is 68.4 Å². The maximum Gasteiger partial charge on any atom is 0.264 e. The molecule has 0 heterocycles. The lowest BCUT2D eigenvalue weighted by Gasteiger charge is -2.32. The number of sulfonamides is 1. The van der Waals surface area contributed by atoms with Crippen LogP contribution in [0.1, 0.15) is 30.5 Å². The predicted octanol–water partition coefficient (Wildman–Crippen LogP) is 4.71. The van der Waals surface area contributed by atoms with Crippen molar-refractivity contribution in [2.45, 2.75) is 45.2 Å². The highest BCUT2D eigenvalue weighted by Crippen LogP contribution is 2.26. The molecule has 0 aliphatic rings. The van der Waals surface area contributed by atoms with E-state index in [1.807, 2.05) is 19.9 Å². The molecule has 0 saturated carbocycles. The average Bonchev–Trinajstić information content (AvgIpc) is 2.86. The summed E-state index contributed by atoms with van der Waals surface area (Å²) in [6.45, 7) is 7.21. The molecule has 37 heavy (non-hydrogen) atoms. The Morgan fingerprint density at radius 1 is 0.946 bits per heavy atom. The topological polar surface area (TPSA) is 86.8 Å². The first-order valence-electron chi connectivity index (χ1n) is 12.0. The van der Waals surface area contributed by atoms with Gasteiger partial charge in [0.2, 0.25) is 11.8 Å². The summed E-state index contributed by atoms with van der Waals surface area (Å²) in [6.07, 6.45) is 0. The van der Waals surface area contributed by atoms with Crippen LogP contribution in [-0.4, -0.2) is 44.3 Å². The molecular formula is C28H32ClN3O4S. The van der Waals surface area contributed by atoms with E-state index < -0.39 is 28.5 Å². The van der Waals surface area contributed by atoms with Crippen LogP contribution in [0.3, 0.4) is 0 Å². The van der Waals surface area contributed by atoms with E-state index >= 15 is 0 Å². The number of hydrogen-bond donors (Lipinski definition) is 1. The van der Waals surface area contributed by atoms with Gasteiger partial charge in [0.25, 0.3) is 10.0 Å². The van der Waals surface area contributed by atoms with E-state index in [0.29, 0.717) is 17.3 Å². The number of benzene rings is 3. The van der Waals surface area contributed by atoms with Gasteiger partial charge in [-0.3, -0.25) is 13.9 Å². The van der Waals surface area contributed by atoms with Gasteiger partial charge in [0.05, 0.1) is 10.6 Å². The lowest BCUT2D eigenvalue weighted by atomic mass is 10.1. The lowest BCUT2D eigenvalue weighted by Crippen LogP contribution is -2.51. The van der Waals surface area contributed by atoms with Crippen molar-refractivity contribution >= 4 is 39.1 Å². The molecule has 2 amide bonds. The highest BCUT2D eigenvalue weighted by Gasteiger charge is 2.32. The summed E-state index contributed by atoms with van der Waals surface area (Å²) in [5.41, 5.74) is 2.87. The molecule has 1 atom stereocenters. The highest BCUT2D eigenvalue weighted by molar-refractivity contribution is 7.92. The third-order valence-corrected chi connectivity index (χ3v) is 7.93. The zero-order valence-corrected chi connectivity index (χ0v) is 23.0. The monoisotopic (exact) mass is 541 g/mol. The van der Waals surface area contributed by atoms with Gasteiger partial charge in [0.15, 0.2) is 0 Å². The number of amides is 2. The summed E-state index contributed by atoms with van der Waals surface area (Å²) in [7, 11) is -4.08. The zero-order valence-electron chi connectivity index (χ0n) is 21.4. The second kappa shape index (κ2) is 12.3. The van der Waals surface area contributed by atoms with Gasteiger partial charge in [0, 0.05) is 18.1 Å². The standard InChI is InChI=1S/C28H32ClN3O4S/c1-5-30-28(34)22(4)31(18-23-11-13-24(29)14-12-23)27(33)19-32(25-16-20(2)15-21(3)17-25)37(35,36)26-9-7-6-8-10-26/h6-17,22H,5,18-19H2,1-4H3,(H,30,34)/t22-/m1/s1. The fourth-order valence-corrected chi connectivity index (χ4v) is 5.58. The summed E-state index contributed by atoms with van der Waals surface area (Å²) < 4.78 is 28.7. The molecule has 0 aliphatic carbocycles. The molecule has 9 heteroatoms. The minimum atomic E-state index is -4.08. The van der Waals surface area contributed by atoms with Gasteiger partial charge >= 0.3 is 0 Å². The zero-order chi connectivity index (χ0) is 27.2. The number of nitrogens with zero attached hydrogens (tertiary/aromatic N) is 2. The summed E-state index contributed by atoms with van der Waals surface area (Å²) in [6, 6.07) is 19.5. The van der Waals surface area contributed by atoms with E-state index in [9.17, 15) is 18.0 Å². The van der Waals surface area contributed by atoms with Crippen LogP contribution in [0, 0.1) is 13.8 Å². The third kappa shape index (κ3) is 7.11. The quantitative estimate of drug-likeness (QED) is 0.403. The molecule has 0 bridgehead atoms. The molecule has 0 saturated heterocycles. The number of hydrogen-bond acceptors (Lipinski definition) is 4. The molecule has 0 fully saturated rings. The third-order valence-electron chi connectivity index (χ3n) is 5.89. The Morgan fingerprint density at radius 2 is 1.54 bits per heavy atom. The molecule has 0 spiro atoms. The van der Waals surface area contributed by atoms with Gasteiger partial charge in [-0.1, -0.05) is 48.0 Å². The van der Waals surface area contributed by atoms with Crippen molar-refractivity contribution < 1.29 is 18.0 Å². The molecule has 1 N–H and O–H groups in total. The van der Waals surface area contributed by atoms with Crippen molar-refractivity contribution in [2.24, 2.45) is 0 Å². The molecule has 3 aromatic carbocycles. The molecule has 196 valence electrons. The van der Waals surface area contributed by atoms with E-state index in [1.165, 1.54) is 17.0 Å². The summed E-state index contributed by atoms with van der Waals surface area (Å²) in [4.78, 5) is 28.0. The Morgan fingerprint density at radius 3 is 2.11 bits per heavy atom. The van der Waals surface area contributed by atoms with Crippen molar-refractivity contribution in [1.82, 2.24) is 10.2 Å². The van der Waals surface area contributed by atoms with Gasteiger partial charge in [-0.2, -0.15) is 0 Å². The molecule has 3 rings (SSSR count). The van der Waals surface area contributed by atoms with Crippen LogP contribution >= 0.6 is 11.6 Å². The van der Waals surface area contributed by atoms with Crippen LogP contribution in [0.25, 0.3) is 0 Å². The number of rotatable bonds is 10. The number of halogens is 1. The van der Waals surface area contributed by atoms with Gasteiger partial charge in [-0.25, -0.2) is 8.42 Å². The van der Waals surface area contributed by atoms with Crippen LogP contribution in [0.4, 0.5) is 5.69 Å². The molecule has 0 aliphatic heterocycles.